The van der Waals surface area contributed by atoms with Gasteiger partial charge in [0.1, 0.15) is 29.4 Å². The van der Waals surface area contributed by atoms with E-state index in [1.54, 1.807) is 51.3 Å². The first-order valence-electron chi connectivity index (χ1n) is 16.3. The molecule has 0 spiro atoms. The van der Waals surface area contributed by atoms with E-state index in [1.165, 1.54) is 19.8 Å². The number of ketones is 2. The minimum atomic E-state index is -0.404. The van der Waals surface area contributed by atoms with E-state index in [9.17, 15) is 14.0 Å². The van der Waals surface area contributed by atoms with Gasteiger partial charge in [0.05, 0.1) is 43.9 Å². The number of halogens is 2. The summed E-state index contributed by atoms with van der Waals surface area (Å²) in [5, 5.41) is 1.65. The SMILES string of the molecule is COc1cc2c(Cl)ncnc2cc1OCCCC(C)=O.COc1cc2c(Oc3ccc4c(c3F)C=C(C)C4)ncnc2cc1OCCCC(C)=O. The molecule has 0 N–H and O–H groups in total. The van der Waals surface area contributed by atoms with Gasteiger partial charge in [-0.1, -0.05) is 29.3 Å². The molecule has 2 heterocycles. The molecule has 0 atom stereocenters. The molecule has 0 fully saturated rings. The third kappa shape index (κ3) is 9.26. The lowest BCUT2D eigenvalue weighted by molar-refractivity contribution is -0.118. The van der Waals surface area contributed by atoms with Gasteiger partial charge in [-0.15, -0.1) is 0 Å². The molecule has 13 heteroatoms. The Kier molecular flexibility index (Phi) is 12.3. The zero-order valence-electron chi connectivity index (χ0n) is 29.0. The standard InChI is InChI=1S/C24H23FN2O4.C14H15ClN2O3/c1-14-9-16-6-7-20(23(25)17(16)10-14)31-24-18-11-21(29-3)22(12-19(18)26-13-27-24)30-8-4-5-15(2)28;1-9(18)4-3-5-20-13-7-11-10(6-12(13)19-2)14(15)17-8-16-11/h6-7,10-13H,4-5,8-9H2,1-3H3;6-8H,3-5H2,1-2H3. The molecule has 0 radical (unpaired) electrons. The monoisotopic (exact) mass is 716 g/mol. The highest BCUT2D eigenvalue weighted by Crippen LogP contribution is 2.39. The van der Waals surface area contributed by atoms with Crippen LogP contribution in [0.1, 0.15) is 57.6 Å². The highest BCUT2D eigenvalue weighted by molar-refractivity contribution is 6.34. The number of nitrogens with zero attached hydrogens (tertiary/aromatic N) is 4. The van der Waals surface area contributed by atoms with Gasteiger partial charge < -0.3 is 33.3 Å². The maximum atomic E-state index is 15.0. The zero-order chi connectivity index (χ0) is 36.5. The fraction of sp³-hybridized carbons (Fsp3) is 0.316. The number of aromatic nitrogens is 4. The molecule has 6 rings (SSSR count). The number of ether oxygens (including phenoxy) is 5. The van der Waals surface area contributed by atoms with E-state index in [-0.39, 0.29) is 23.2 Å². The van der Waals surface area contributed by atoms with Gasteiger partial charge in [-0.2, -0.15) is 0 Å². The molecular formula is C38H38ClFN4O7. The third-order valence-corrected chi connectivity index (χ3v) is 8.22. The van der Waals surface area contributed by atoms with Crippen molar-refractivity contribution in [2.75, 3.05) is 27.4 Å². The van der Waals surface area contributed by atoms with E-state index >= 15 is 0 Å². The summed E-state index contributed by atoms with van der Waals surface area (Å²) in [7, 11) is 3.09. The summed E-state index contributed by atoms with van der Waals surface area (Å²) >= 11 is 6.01. The van der Waals surface area contributed by atoms with Crippen LogP contribution in [0.5, 0.6) is 34.6 Å². The number of Topliss-reactive ketones (excluding diaryl/α,β-unsaturated/α-hetero) is 2. The molecule has 51 heavy (non-hydrogen) atoms. The van der Waals surface area contributed by atoms with E-state index in [0.29, 0.717) is 94.4 Å². The number of hydrogen-bond acceptors (Lipinski definition) is 11. The molecule has 0 aliphatic heterocycles. The van der Waals surface area contributed by atoms with Gasteiger partial charge in [0.15, 0.2) is 34.6 Å². The number of methoxy groups -OCH3 is 2. The van der Waals surface area contributed by atoms with Crippen molar-refractivity contribution < 1.29 is 37.7 Å². The number of fused-ring (bicyclic) bond motifs is 3. The molecule has 1 aliphatic rings. The van der Waals surface area contributed by atoms with Crippen LogP contribution in [-0.2, 0) is 16.0 Å². The summed E-state index contributed by atoms with van der Waals surface area (Å²) in [5.74, 6) is 2.33. The Labute approximate surface area is 299 Å². The third-order valence-electron chi connectivity index (χ3n) is 7.92. The number of rotatable bonds is 14. The average molecular weight is 717 g/mol. The van der Waals surface area contributed by atoms with E-state index in [0.717, 1.165) is 17.6 Å². The lowest BCUT2D eigenvalue weighted by Crippen LogP contribution is -2.02. The normalized spacial score (nSPS) is 11.7. The van der Waals surface area contributed by atoms with Crippen molar-refractivity contribution in [3.05, 3.63) is 76.7 Å². The van der Waals surface area contributed by atoms with Crippen LogP contribution in [0.25, 0.3) is 27.9 Å². The molecule has 2 aromatic heterocycles. The number of carbonyl (C=O) groups is 2. The van der Waals surface area contributed by atoms with Crippen LogP contribution >= 0.6 is 11.6 Å². The van der Waals surface area contributed by atoms with Gasteiger partial charge in [0.25, 0.3) is 0 Å². The Bertz CT molecular complexity index is 2110. The predicted molar refractivity (Wildman–Crippen MR) is 192 cm³/mol. The summed E-state index contributed by atoms with van der Waals surface area (Å²) in [6.45, 7) is 5.92. The molecule has 11 nitrogen and oxygen atoms in total. The van der Waals surface area contributed by atoms with Crippen LogP contribution in [0.2, 0.25) is 5.15 Å². The molecule has 3 aromatic carbocycles. The van der Waals surface area contributed by atoms with Crippen molar-refractivity contribution in [2.24, 2.45) is 0 Å². The van der Waals surface area contributed by atoms with Crippen LogP contribution in [-0.4, -0.2) is 58.9 Å². The summed E-state index contributed by atoms with van der Waals surface area (Å²) in [6.07, 6.45) is 7.58. The minimum absolute atomic E-state index is 0.105. The fourth-order valence-electron chi connectivity index (χ4n) is 5.41. The molecular weight excluding hydrogens is 679 g/mol. The number of carbonyl (C=O) groups excluding carboxylic acids is 2. The molecule has 1 aliphatic carbocycles. The number of hydrogen-bond donors (Lipinski definition) is 0. The van der Waals surface area contributed by atoms with E-state index in [1.807, 2.05) is 19.1 Å². The highest BCUT2D eigenvalue weighted by Gasteiger charge is 2.20. The molecule has 0 bridgehead atoms. The summed E-state index contributed by atoms with van der Waals surface area (Å²) in [5.41, 5.74) is 3.88. The van der Waals surface area contributed by atoms with Gasteiger partial charge >= 0.3 is 0 Å². The van der Waals surface area contributed by atoms with E-state index < -0.39 is 5.82 Å². The minimum Gasteiger partial charge on any atom is -0.493 e. The van der Waals surface area contributed by atoms with Gasteiger partial charge in [0.2, 0.25) is 5.88 Å². The lowest BCUT2D eigenvalue weighted by Gasteiger charge is -2.14. The van der Waals surface area contributed by atoms with Crippen molar-refractivity contribution in [2.45, 2.75) is 52.9 Å². The van der Waals surface area contributed by atoms with Crippen LogP contribution in [0, 0.1) is 5.82 Å². The number of allylic oxidation sites excluding steroid dienone is 1. The molecule has 0 saturated carbocycles. The smallest absolute Gasteiger partial charge is 0.230 e. The molecule has 0 amide bonds. The first-order valence-corrected chi connectivity index (χ1v) is 16.7. The average Bonchev–Trinajstić information content (AvgIpc) is 3.50. The second-order valence-electron chi connectivity index (χ2n) is 11.9. The zero-order valence-corrected chi connectivity index (χ0v) is 29.8. The summed E-state index contributed by atoms with van der Waals surface area (Å²) in [4.78, 5) is 38.5. The van der Waals surface area contributed by atoms with Crippen molar-refractivity contribution in [1.29, 1.82) is 0 Å². The molecule has 5 aromatic rings. The van der Waals surface area contributed by atoms with Crippen molar-refractivity contribution in [1.82, 2.24) is 19.9 Å². The maximum Gasteiger partial charge on any atom is 0.230 e. The van der Waals surface area contributed by atoms with Gasteiger partial charge in [-0.3, -0.25) is 0 Å². The van der Waals surface area contributed by atoms with Crippen molar-refractivity contribution >= 4 is 51.0 Å². The maximum absolute atomic E-state index is 15.0. The lowest BCUT2D eigenvalue weighted by atomic mass is 10.1. The van der Waals surface area contributed by atoms with Crippen molar-refractivity contribution in [3.63, 3.8) is 0 Å². The Hall–Kier alpha value is -5.36. The van der Waals surface area contributed by atoms with Crippen LogP contribution in [0.4, 0.5) is 4.39 Å². The topological polar surface area (TPSA) is 132 Å². The molecule has 0 unspecified atom stereocenters. The van der Waals surface area contributed by atoms with Crippen LogP contribution < -0.4 is 23.7 Å². The van der Waals surface area contributed by atoms with Gasteiger partial charge in [-0.25, -0.2) is 24.3 Å². The summed E-state index contributed by atoms with van der Waals surface area (Å²) in [6, 6.07) is 10.4. The number of benzene rings is 3. The van der Waals surface area contributed by atoms with E-state index in [2.05, 4.69) is 19.9 Å². The van der Waals surface area contributed by atoms with Gasteiger partial charge in [-0.05, 0) is 63.8 Å². The summed E-state index contributed by atoms with van der Waals surface area (Å²) < 4.78 is 43.0. The quantitative estimate of drug-likeness (QED) is 0.0812. The second-order valence-corrected chi connectivity index (χ2v) is 12.3. The highest BCUT2D eigenvalue weighted by atomic mass is 35.5. The second kappa shape index (κ2) is 17.0. The predicted octanol–water partition coefficient (Wildman–Crippen LogP) is 8.32. The molecule has 266 valence electrons. The van der Waals surface area contributed by atoms with Gasteiger partial charge in [0, 0.05) is 35.9 Å². The van der Waals surface area contributed by atoms with E-state index in [4.69, 9.17) is 35.3 Å². The van der Waals surface area contributed by atoms with Crippen molar-refractivity contribution in [3.8, 4) is 34.6 Å². The van der Waals surface area contributed by atoms with Crippen LogP contribution in [0.15, 0.2) is 54.6 Å². The molecule has 0 saturated heterocycles. The largest absolute Gasteiger partial charge is 0.493 e. The Morgan fingerprint density at radius 3 is 1.92 bits per heavy atom. The fourth-order valence-corrected chi connectivity index (χ4v) is 5.60. The Balaban J connectivity index is 0.000000218. The van der Waals surface area contributed by atoms with Crippen LogP contribution in [0.3, 0.4) is 0 Å². The first kappa shape index (κ1) is 36.9. The first-order chi connectivity index (χ1) is 24.6. The Morgan fingerprint density at radius 2 is 1.33 bits per heavy atom. The Morgan fingerprint density at radius 1 is 0.765 bits per heavy atom.